The molecule has 0 aliphatic heterocycles. The minimum Gasteiger partial charge on any atom is -0.507 e. The number of carbonyl (C=O) groups is 1. The monoisotopic (exact) mass is 549 g/mol. The predicted octanol–water partition coefficient (Wildman–Crippen LogP) is 6.12. The number of carbonyl (C=O) groups excluding carboxylic acids is 1. The van der Waals surface area contributed by atoms with Crippen LogP contribution in [0.5, 0.6) is 23.0 Å². The average molecular weight is 550 g/mol. The van der Waals surface area contributed by atoms with Crippen LogP contribution in [-0.4, -0.2) is 25.3 Å². The first kappa shape index (κ1) is 27.0. The van der Waals surface area contributed by atoms with E-state index in [-0.39, 0.29) is 17.1 Å². The molecule has 200 valence electrons. The van der Waals surface area contributed by atoms with E-state index >= 15 is 0 Å². The molecule has 0 bridgehead atoms. The van der Waals surface area contributed by atoms with Crippen LogP contribution in [0.4, 0.5) is 0 Å². The molecule has 0 aliphatic rings. The molecule has 6 heteroatoms. The second kappa shape index (κ2) is 12.1. The topological polar surface area (TPSA) is 65.0 Å². The first-order valence-corrected chi connectivity index (χ1v) is 14.8. The summed E-state index contributed by atoms with van der Waals surface area (Å²) in [5.74, 6) is 0.695. The molecule has 0 amide bonds. The fourth-order valence-electron chi connectivity index (χ4n) is 4.86. The molecule has 5 rings (SSSR count). The molecular weight excluding hydrogens is 519 g/mol. The normalized spacial score (nSPS) is 11.1. The molecule has 5 aromatic carbocycles. The molecule has 0 atom stereocenters. The van der Waals surface area contributed by atoms with Gasteiger partial charge in [-0.1, -0.05) is 54.6 Å². The van der Waals surface area contributed by atoms with Crippen molar-refractivity contribution in [2.24, 2.45) is 0 Å². The van der Waals surface area contributed by atoms with Crippen LogP contribution < -0.4 is 30.1 Å². The summed E-state index contributed by atoms with van der Waals surface area (Å²) < 4.78 is 16.1. The largest absolute Gasteiger partial charge is 0.507 e. The molecular formula is C34H30O5P+. The van der Waals surface area contributed by atoms with Crippen molar-refractivity contribution >= 4 is 29.1 Å². The molecule has 0 fully saturated rings. The maximum absolute atomic E-state index is 12.9. The van der Waals surface area contributed by atoms with Crippen molar-refractivity contribution in [3.05, 3.63) is 139 Å². The third kappa shape index (κ3) is 5.56. The van der Waals surface area contributed by atoms with Gasteiger partial charge in [0.15, 0.2) is 0 Å². The summed E-state index contributed by atoms with van der Waals surface area (Å²) in [6, 6.07) is 41.4. The van der Waals surface area contributed by atoms with E-state index in [1.165, 1.54) is 36.2 Å². The van der Waals surface area contributed by atoms with Crippen LogP contribution in [0.3, 0.4) is 0 Å². The molecule has 0 saturated heterocycles. The fourth-order valence-corrected chi connectivity index (χ4v) is 9.12. The highest BCUT2D eigenvalue weighted by molar-refractivity contribution is 7.95. The molecule has 0 radical (unpaired) electrons. The van der Waals surface area contributed by atoms with Gasteiger partial charge in [0.1, 0.15) is 52.3 Å². The number of phenolic OH excluding ortho intramolecular Hbond substituents is 1. The fraction of sp³-hybridized carbons (Fsp3) is 0.0882. The van der Waals surface area contributed by atoms with Crippen molar-refractivity contribution in [3.63, 3.8) is 0 Å². The number of esters is 1. The average Bonchev–Trinajstić information content (AvgIpc) is 3.01. The summed E-state index contributed by atoms with van der Waals surface area (Å²) in [5.41, 5.74) is 1.05. The van der Waals surface area contributed by atoms with Crippen molar-refractivity contribution in [3.8, 4) is 23.0 Å². The molecule has 5 nitrogen and oxygen atoms in total. The summed E-state index contributed by atoms with van der Waals surface area (Å²) in [7, 11) is 0.829. The zero-order valence-corrected chi connectivity index (χ0v) is 23.3. The summed E-state index contributed by atoms with van der Waals surface area (Å²) in [6.07, 6.45) is 0.595. The second-order valence-electron chi connectivity index (χ2n) is 9.26. The minimum absolute atomic E-state index is 0.0701. The lowest BCUT2D eigenvalue weighted by Crippen LogP contribution is -2.32. The zero-order valence-electron chi connectivity index (χ0n) is 22.4. The van der Waals surface area contributed by atoms with Crippen LogP contribution >= 0.6 is 7.26 Å². The molecule has 5 aromatic rings. The third-order valence-electron chi connectivity index (χ3n) is 6.85. The maximum Gasteiger partial charge on any atom is 0.343 e. The molecule has 0 saturated carbocycles. The summed E-state index contributed by atoms with van der Waals surface area (Å²) in [6.45, 7) is 0. The lowest BCUT2D eigenvalue weighted by molar-refractivity contribution is 0.0733. The first-order chi connectivity index (χ1) is 19.5. The van der Waals surface area contributed by atoms with Gasteiger partial charge in [0.25, 0.3) is 0 Å². The quantitative estimate of drug-likeness (QED) is 0.136. The Morgan fingerprint density at radius 3 is 1.52 bits per heavy atom. The van der Waals surface area contributed by atoms with E-state index < -0.39 is 13.2 Å². The predicted molar refractivity (Wildman–Crippen MR) is 161 cm³/mol. The Labute approximate surface area is 235 Å². The Balaban J connectivity index is 1.52. The van der Waals surface area contributed by atoms with Gasteiger partial charge in [-0.2, -0.15) is 0 Å². The highest BCUT2D eigenvalue weighted by Gasteiger charge is 2.45. The lowest BCUT2D eigenvalue weighted by atomic mass is 10.2. The van der Waals surface area contributed by atoms with Gasteiger partial charge in [0.2, 0.25) is 0 Å². The van der Waals surface area contributed by atoms with Gasteiger partial charge in [0.05, 0.1) is 19.8 Å². The van der Waals surface area contributed by atoms with E-state index in [4.69, 9.17) is 14.2 Å². The number of hydrogen-bond acceptors (Lipinski definition) is 5. The molecule has 0 aromatic heterocycles. The number of aromatic hydroxyl groups is 1. The number of ether oxygens (including phenoxy) is 3. The van der Waals surface area contributed by atoms with Crippen molar-refractivity contribution < 1.29 is 24.1 Å². The molecule has 0 unspecified atom stereocenters. The Morgan fingerprint density at radius 1 is 0.625 bits per heavy atom. The highest BCUT2D eigenvalue weighted by Crippen LogP contribution is 2.59. The zero-order chi connectivity index (χ0) is 28.0. The van der Waals surface area contributed by atoms with Gasteiger partial charge in [0, 0.05) is 17.7 Å². The van der Waals surface area contributed by atoms with Gasteiger partial charge in [-0.25, -0.2) is 4.79 Å². The van der Waals surface area contributed by atoms with Crippen molar-refractivity contribution in [2.75, 3.05) is 14.2 Å². The Hall–Kier alpha value is -4.60. The number of rotatable bonds is 9. The van der Waals surface area contributed by atoms with E-state index in [0.717, 1.165) is 5.56 Å². The van der Waals surface area contributed by atoms with E-state index in [1.807, 2.05) is 24.3 Å². The number of methoxy groups -OCH3 is 2. The van der Waals surface area contributed by atoms with Crippen molar-refractivity contribution in [1.29, 1.82) is 0 Å². The second-order valence-corrected chi connectivity index (χ2v) is 12.7. The summed E-state index contributed by atoms with van der Waals surface area (Å²) in [4.78, 5) is 12.9. The maximum atomic E-state index is 12.9. The van der Waals surface area contributed by atoms with Gasteiger partial charge in [-0.3, -0.25) is 0 Å². The van der Waals surface area contributed by atoms with Crippen molar-refractivity contribution in [1.82, 2.24) is 0 Å². The van der Waals surface area contributed by atoms with Crippen molar-refractivity contribution in [2.45, 2.75) is 6.16 Å². The van der Waals surface area contributed by atoms with Gasteiger partial charge >= 0.3 is 5.97 Å². The molecule has 0 heterocycles. The third-order valence-corrected chi connectivity index (χ3v) is 11.2. The van der Waals surface area contributed by atoms with Crippen LogP contribution in [0, 0.1) is 0 Å². The minimum atomic E-state index is -2.21. The van der Waals surface area contributed by atoms with Crippen LogP contribution in [0.1, 0.15) is 15.9 Å². The molecule has 40 heavy (non-hydrogen) atoms. The molecule has 0 aliphatic carbocycles. The molecule has 0 spiro atoms. The SMILES string of the molecule is COc1cc(OC)cc(C(=O)Oc2ccc(C[P+](c3ccccc3)(c3ccccc3)c3ccccc3)c(O)c2)c1. The van der Waals surface area contributed by atoms with Crippen LogP contribution in [0.25, 0.3) is 0 Å². The van der Waals surface area contributed by atoms with Gasteiger partial charge in [-0.15, -0.1) is 0 Å². The highest BCUT2D eigenvalue weighted by atomic mass is 31.2. The van der Waals surface area contributed by atoms with E-state index in [0.29, 0.717) is 17.7 Å². The first-order valence-electron chi connectivity index (χ1n) is 12.9. The smallest absolute Gasteiger partial charge is 0.343 e. The van der Waals surface area contributed by atoms with Crippen LogP contribution in [0.2, 0.25) is 0 Å². The Morgan fingerprint density at radius 2 is 1.10 bits per heavy atom. The van der Waals surface area contributed by atoms with Gasteiger partial charge in [-0.05, 0) is 60.7 Å². The van der Waals surface area contributed by atoms with Crippen LogP contribution in [-0.2, 0) is 6.16 Å². The lowest BCUT2D eigenvalue weighted by Gasteiger charge is -2.28. The van der Waals surface area contributed by atoms with E-state index in [1.54, 1.807) is 24.3 Å². The number of phenols is 1. The Bertz CT molecular complexity index is 1470. The summed E-state index contributed by atoms with van der Waals surface area (Å²) >= 11 is 0. The standard InChI is InChI=1S/C34H29O5P/c1-37-28-20-26(21-29(22-28)38-2)34(36)39-27-19-18-25(33(35)23-27)24-40(30-12-6-3-7-13-30,31-14-8-4-9-15-31)32-16-10-5-11-17-32/h3-23H,24H2,1-2H3/p+1. The van der Waals surface area contributed by atoms with E-state index in [2.05, 4.69) is 72.8 Å². The van der Waals surface area contributed by atoms with E-state index in [9.17, 15) is 9.90 Å². The number of benzene rings is 5. The Kier molecular flexibility index (Phi) is 8.14. The summed E-state index contributed by atoms with van der Waals surface area (Å²) in [5, 5.41) is 14.9. The van der Waals surface area contributed by atoms with Crippen LogP contribution in [0.15, 0.2) is 127 Å². The molecule has 1 N–H and O–H groups in total. The number of hydrogen-bond donors (Lipinski definition) is 1. The van der Waals surface area contributed by atoms with Gasteiger partial charge < -0.3 is 19.3 Å².